The average Bonchev–Trinajstić information content (AvgIpc) is 2.48. The molecule has 0 saturated heterocycles. The molecule has 0 aliphatic carbocycles. The maximum absolute atomic E-state index is 6.47. The average molecular weight is 287 g/mol. The van der Waals surface area contributed by atoms with Gasteiger partial charge in [-0.15, -0.1) is 18.2 Å². The van der Waals surface area contributed by atoms with E-state index in [0.717, 1.165) is 12.1 Å². The van der Waals surface area contributed by atoms with Crippen LogP contribution in [0, 0.1) is 0 Å². The lowest BCUT2D eigenvalue weighted by Gasteiger charge is -2.18. The van der Waals surface area contributed by atoms with Crippen LogP contribution in [0.5, 0.6) is 0 Å². The summed E-state index contributed by atoms with van der Waals surface area (Å²) < 4.78 is 0. The van der Waals surface area contributed by atoms with Gasteiger partial charge in [-0.05, 0) is 12.1 Å². The molecule has 0 bridgehead atoms. The van der Waals surface area contributed by atoms with E-state index in [0.29, 0.717) is 0 Å². The van der Waals surface area contributed by atoms with Gasteiger partial charge in [0.05, 0.1) is 8.80 Å². The second kappa shape index (κ2) is 7.32. The summed E-state index contributed by atoms with van der Waals surface area (Å²) in [7, 11) is -1.13. The van der Waals surface area contributed by atoms with Gasteiger partial charge in [0, 0.05) is 5.00 Å². The van der Waals surface area contributed by atoms with Crippen LogP contribution in [0.1, 0.15) is 11.1 Å². The highest BCUT2D eigenvalue weighted by Crippen LogP contribution is 2.15. The zero-order valence-corrected chi connectivity index (χ0v) is 12.9. The Morgan fingerprint density at radius 3 is 1.68 bits per heavy atom. The Bertz CT molecular complexity index is 454. The molecule has 0 fully saturated rings. The number of halogens is 1. The quantitative estimate of drug-likeness (QED) is 0.426. The zero-order valence-electron chi connectivity index (χ0n) is 11.0. The van der Waals surface area contributed by atoms with E-state index in [-0.39, 0.29) is 5.00 Å². The minimum Gasteiger partial charge on any atom is -0.122 e. The molecule has 0 aliphatic rings. The predicted molar refractivity (Wildman–Crippen MR) is 87.3 cm³/mol. The lowest BCUT2D eigenvalue weighted by atomic mass is 10.2. The molecule has 0 amide bonds. The molecule has 2 aromatic rings. The minimum absolute atomic E-state index is 0.139. The molecule has 0 spiro atoms. The Kier molecular flexibility index (Phi) is 5.43. The number of hydrogen-bond acceptors (Lipinski definition) is 0. The lowest BCUT2D eigenvalue weighted by Crippen LogP contribution is -2.31. The highest BCUT2D eigenvalue weighted by molar-refractivity contribution is 6.69. The maximum atomic E-state index is 6.47. The highest BCUT2D eigenvalue weighted by atomic mass is 35.5. The van der Waals surface area contributed by atoms with Crippen LogP contribution in [0.4, 0.5) is 0 Å². The molecule has 0 radical (unpaired) electrons. The smallest absolute Gasteiger partial charge is 0.0714 e. The van der Waals surface area contributed by atoms with Crippen molar-refractivity contribution < 1.29 is 0 Å². The van der Waals surface area contributed by atoms with Crippen molar-refractivity contribution in [1.29, 1.82) is 0 Å². The first-order valence-electron chi connectivity index (χ1n) is 6.64. The summed E-state index contributed by atoms with van der Waals surface area (Å²) in [5, 5.41) is 0.139. The van der Waals surface area contributed by atoms with Crippen molar-refractivity contribution in [3.05, 3.63) is 84.4 Å². The van der Waals surface area contributed by atoms with E-state index in [9.17, 15) is 0 Å². The second-order valence-corrected chi connectivity index (χ2v) is 8.80. The van der Waals surface area contributed by atoms with Gasteiger partial charge in [0.15, 0.2) is 0 Å². The van der Waals surface area contributed by atoms with Gasteiger partial charge in [-0.1, -0.05) is 77.9 Å². The van der Waals surface area contributed by atoms with Gasteiger partial charge in [0.25, 0.3) is 0 Å². The van der Waals surface area contributed by atoms with Crippen LogP contribution in [0.2, 0.25) is 0 Å². The normalized spacial score (nSPS) is 12.3. The molecule has 0 nitrogen and oxygen atoms in total. The number of benzene rings is 2. The summed E-state index contributed by atoms with van der Waals surface area (Å²) in [5.74, 6) is 0. The van der Waals surface area contributed by atoms with Crippen molar-refractivity contribution in [2.24, 2.45) is 0 Å². The van der Waals surface area contributed by atoms with E-state index in [1.54, 1.807) is 0 Å². The molecule has 0 saturated carbocycles. The Morgan fingerprint density at radius 2 is 1.32 bits per heavy atom. The molecule has 2 heteroatoms. The molecule has 0 aromatic heterocycles. The van der Waals surface area contributed by atoms with Gasteiger partial charge in [0.2, 0.25) is 0 Å². The van der Waals surface area contributed by atoms with E-state index in [1.807, 2.05) is 6.08 Å². The Labute approximate surface area is 122 Å². The van der Waals surface area contributed by atoms with Crippen molar-refractivity contribution in [3.63, 3.8) is 0 Å². The number of rotatable bonds is 6. The molecule has 1 atom stereocenters. The molecule has 19 heavy (non-hydrogen) atoms. The van der Waals surface area contributed by atoms with Gasteiger partial charge in [-0.2, -0.15) is 0 Å². The molecule has 1 unspecified atom stereocenters. The Morgan fingerprint density at radius 1 is 0.895 bits per heavy atom. The second-order valence-electron chi connectivity index (χ2n) is 4.82. The molecular weight excluding hydrogens is 268 g/mol. The fourth-order valence-electron chi connectivity index (χ4n) is 2.32. The largest absolute Gasteiger partial charge is 0.122 e. The number of allylic oxidation sites excluding steroid dienone is 1. The summed E-state index contributed by atoms with van der Waals surface area (Å²) in [6.07, 6.45) is 1.91. The van der Waals surface area contributed by atoms with E-state index in [2.05, 4.69) is 67.2 Å². The van der Waals surface area contributed by atoms with E-state index in [4.69, 9.17) is 11.6 Å². The number of alkyl halides is 1. The SMILES string of the molecule is C=CC(Cl)[SiH](Cc1ccccc1)Cc1ccccc1. The molecule has 0 N–H and O–H groups in total. The third-order valence-electron chi connectivity index (χ3n) is 3.36. The van der Waals surface area contributed by atoms with Crippen LogP contribution in [0.3, 0.4) is 0 Å². The van der Waals surface area contributed by atoms with Crippen LogP contribution < -0.4 is 0 Å². The standard InChI is InChI=1S/C17H19ClSi/c1-2-17(18)19(13-15-9-5-3-6-10-15)14-16-11-7-4-8-12-16/h2-12,17,19H,1,13-14H2. The maximum Gasteiger partial charge on any atom is 0.0714 e. The lowest BCUT2D eigenvalue weighted by molar-refractivity contribution is 1.22. The van der Waals surface area contributed by atoms with Crippen molar-refractivity contribution in [3.8, 4) is 0 Å². The number of hydrogen-bond donors (Lipinski definition) is 0. The van der Waals surface area contributed by atoms with Crippen molar-refractivity contribution in [2.75, 3.05) is 0 Å². The zero-order chi connectivity index (χ0) is 13.5. The Balaban J connectivity index is 2.10. The van der Waals surface area contributed by atoms with Crippen molar-refractivity contribution >= 4 is 20.4 Å². The van der Waals surface area contributed by atoms with Crippen LogP contribution in [-0.2, 0) is 12.1 Å². The van der Waals surface area contributed by atoms with Gasteiger partial charge < -0.3 is 0 Å². The van der Waals surface area contributed by atoms with Crippen LogP contribution in [0.25, 0.3) is 0 Å². The first-order valence-corrected chi connectivity index (χ1v) is 9.37. The monoisotopic (exact) mass is 286 g/mol. The molecule has 0 heterocycles. The van der Waals surface area contributed by atoms with Gasteiger partial charge in [-0.25, -0.2) is 0 Å². The molecular formula is C17H19ClSi. The summed E-state index contributed by atoms with van der Waals surface area (Å²) in [6, 6.07) is 23.5. The van der Waals surface area contributed by atoms with E-state index >= 15 is 0 Å². The van der Waals surface area contributed by atoms with Gasteiger partial charge in [-0.3, -0.25) is 0 Å². The topological polar surface area (TPSA) is 0 Å². The van der Waals surface area contributed by atoms with Crippen molar-refractivity contribution in [2.45, 2.75) is 17.1 Å². The third kappa shape index (κ3) is 4.37. The molecule has 2 rings (SSSR count). The molecule has 2 aromatic carbocycles. The van der Waals surface area contributed by atoms with Crippen LogP contribution in [0.15, 0.2) is 73.3 Å². The van der Waals surface area contributed by atoms with Crippen LogP contribution in [-0.4, -0.2) is 13.8 Å². The van der Waals surface area contributed by atoms with Gasteiger partial charge >= 0.3 is 0 Å². The van der Waals surface area contributed by atoms with Crippen LogP contribution >= 0.6 is 11.6 Å². The van der Waals surface area contributed by atoms with Crippen molar-refractivity contribution in [1.82, 2.24) is 0 Å². The summed E-state index contributed by atoms with van der Waals surface area (Å²) in [4.78, 5) is 0. The fourth-order valence-corrected chi connectivity index (χ4v) is 5.59. The highest BCUT2D eigenvalue weighted by Gasteiger charge is 2.19. The first kappa shape index (κ1) is 14.1. The minimum atomic E-state index is -1.13. The predicted octanol–water partition coefficient (Wildman–Crippen LogP) is 4.11. The summed E-state index contributed by atoms with van der Waals surface area (Å²) >= 11 is 6.47. The Hall–Kier alpha value is -1.31. The van der Waals surface area contributed by atoms with Gasteiger partial charge in [0.1, 0.15) is 0 Å². The fraction of sp³-hybridized carbons (Fsp3) is 0.176. The summed E-state index contributed by atoms with van der Waals surface area (Å²) in [5.41, 5.74) is 2.78. The molecule has 98 valence electrons. The first-order chi connectivity index (χ1) is 9.29. The van der Waals surface area contributed by atoms with E-state index < -0.39 is 8.80 Å². The summed E-state index contributed by atoms with van der Waals surface area (Å²) in [6.45, 7) is 3.87. The van der Waals surface area contributed by atoms with E-state index in [1.165, 1.54) is 11.1 Å². The molecule has 0 aliphatic heterocycles. The third-order valence-corrected chi connectivity index (χ3v) is 7.77.